The number of carbonyl (C=O) groups excluding carboxylic acids is 1. The average Bonchev–Trinajstić information content (AvgIpc) is 2.54. The van der Waals surface area contributed by atoms with E-state index in [9.17, 15) is 4.79 Å². The van der Waals surface area contributed by atoms with Crippen LogP contribution in [0.1, 0.15) is 5.56 Å². The van der Waals surface area contributed by atoms with Crippen LogP contribution in [0.5, 0.6) is 11.5 Å². The molecule has 5 nitrogen and oxygen atoms in total. The lowest BCUT2D eigenvalue weighted by Gasteiger charge is -2.05. The maximum atomic E-state index is 11.6. The first-order valence-corrected chi connectivity index (χ1v) is 7.79. The van der Waals surface area contributed by atoms with Crippen molar-refractivity contribution in [1.82, 2.24) is 5.43 Å². The van der Waals surface area contributed by atoms with Crippen LogP contribution in [0.2, 0.25) is 5.02 Å². The van der Waals surface area contributed by atoms with Gasteiger partial charge in [-0.15, -0.1) is 0 Å². The molecule has 2 rings (SSSR count). The van der Waals surface area contributed by atoms with Gasteiger partial charge >= 0.3 is 0 Å². The summed E-state index contributed by atoms with van der Waals surface area (Å²) >= 11 is 9.15. The molecule has 0 saturated carbocycles. The van der Waals surface area contributed by atoms with Crippen molar-refractivity contribution < 1.29 is 14.3 Å². The molecule has 0 saturated heterocycles. The van der Waals surface area contributed by atoms with Crippen LogP contribution in [0, 0.1) is 0 Å². The van der Waals surface area contributed by atoms with Gasteiger partial charge in [0.2, 0.25) is 0 Å². The molecule has 0 aliphatic heterocycles. The maximum absolute atomic E-state index is 11.6. The molecule has 0 atom stereocenters. The number of hydrogen-bond acceptors (Lipinski definition) is 4. The Morgan fingerprint density at radius 2 is 2.04 bits per heavy atom. The first-order chi connectivity index (χ1) is 11.1. The Balaban J connectivity index is 1.81. The smallest absolute Gasteiger partial charge is 0.277 e. The molecule has 0 unspecified atom stereocenters. The third-order valence-corrected chi connectivity index (χ3v) is 3.63. The normalized spacial score (nSPS) is 10.6. The molecule has 0 fully saturated rings. The van der Waals surface area contributed by atoms with Crippen molar-refractivity contribution in [2.24, 2.45) is 5.10 Å². The van der Waals surface area contributed by atoms with E-state index in [1.807, 2.05) is 12.1 Å². The second-order valence-electron chi connectivity index (χ2n) is 4.43. The molecular weight excluding hydrogens is 384 g/mol. The number of nitrogens with zero attached hydrogens (tertiary/aromatic N) is 1. The molecule has 0 bridgehead atoms. The van der Waals surface area contributed by atoms with Crippen molar-refractivity contribution in [2.45, 2.75) is 0 Å². The van der Waals surface area contributed by atoms with E-state index in [1.165, 1.54) is 6.21 Å². The molecule has 0 aromatic heterocycles. The molecular formula is C16H14BrClN2O3. The summed E-state index contributed by atoms with van der Waals surface area (Å²) in [6.45, 7) is -0.134. The first kappa shape index (κ1) is 17.3. The van der Waals surface area contributed by atoms with Crippen LogP contribution in [0.15, 0.2) is 52.0 Å². The molecule has 0 heterocycles. The molecule has 2 aromatic rings. The van der Waals surface area contributed by atoms with E-state index in [0.717, 1.165) is 15.8 Å². The van der Waals surface area contributed by atoms with Crippen LogP contribution < -0.4 is 14.9 Å². The van der Waals surface area contributed by atoms with Gasteiger partial charge in [-0.3, -0.25) is 4.79 Å². The van der Waals surface area contributed by atoms with Gasteiger partial charge in [-0.25, -0.2) is 5.43 Å². The predicted molar refractivity (Wildman–Crippen MR) is 93.4 cm³/mol. The summed E-state index contributed by atoms with van der Waals surface area (Å²) in [6.07, 6.45) is 1.53. The molecule has 0 aliphatic rings. The lowest BCUT2D eigenvalue weighted by molar-refractivity contribution is -0.123. The molecule has 2 aromatic carbocycles. The van der Waals surface area contributed by atoms with Gasteiger partial charge in [0.25, 0.3) is 5.91 Å². The lowest BCUT2D eigenvalue weighted by Crippen LogP contribution is -2.24. The number of amides is 1. The summed E-state index contributed by atoms with van der Waals surface area (Å²) in [5.74, 6) is 0.930. The Bertz CT molecular complexity index is 705. The van der Waals surface area contributed by atoms with Gasteiger partial charge < -0.3 is 9.47 Å². The largest absolute Gasteiger partial charge is 0.496 e. The number of hydrazone groups is 1. The molecule has 120 valence electrons. The highest BCUT2D eigenvalue weighted by Crippen LogP contribution is 2.24. The first-order valence-electron chi connectivity index (χ1n) is 6.62. The van der Waals surface area contributed by atoms with Gasteiger partial charge in [0, 0.05) is 5.02 Å². The van der Waals surface area contributed by atoms with Crippen molar-refractivity contribution >= 4 is 39.7 Å². The zero-order chi connectivity index (χ0) is 16.7. The highest BCUT2D eigenvalue weighted by Gasteiger charge is 2.02. The van der Waals surface area contributed by atoms with E-state index in [0.29, 0.717) is 10.8 Å². The average molecular weight is 398 g/mol. The highest BCUT2D eigenvalue weighted by atomic mass is 79.9. The van der Waals surface area contributed by atoms with Crippen molar-refractivity contribution in [3.05, 3.63) is 57.5 Å². The van der Waals surface area contributed by atoms with Crippen LogP contribution in [0.4, 0.5) is 0 Å². The van der Waals surface area contributed by atoms with Crippen LogP contribution in [0.3, 0.4) is 0 Å². The van der Waals surface area contributed by atoms with Gasteiger partial charge in [-0.1, -0.05) is 11.6 Å². The van der Waals surface area contributed by atoms with Gasteiger partial charge in [-0.05, 0) is 64.0 Å². The van der Waals surface area contributed by atoms with E-state index in [1.54, 1.807) is 37.4 Å². The summed E-state index contributed by atoms with van der Waals surface area (Å²) in [6, 6.07) is 12.2. The predicted octanol–water partition coefficient (Wildman–Crippen LogP) is 3.64. The van der Waals surface area contributed by atoms with E-state index in [2.05, 4.69) is 26.5 Å². The zero-order valence-electron chi connectivity index (χ0n) is 12.3. The third kappa shape index (κ3) is 5.58. The SMILES string of the molecule is COc1ccc(/C=N/NC(=O)COc2ccc(Cl)cc2)cc1Br. The second-order valence-corrected chi connectivity index (χ2v) is 5.72. The number of methoxy groups -OCH3 is 1. The Kier molecular flexibility index (Phi) is 6.43. The highest BCUT2D eigenvalue weighted by molar-refractivity contribution is 9.10. The summed E-state index contributed by atoms with van der Waals surface area (Å²) in [5, 5.41) is 4.49. The lowest BCUT2D eigenvalue weighted by atomic mass is 10.2. The number of halogens is 2. The minimum absolute atomic E-state index is 0.134. The number of carbonyl (C=O) groups is 1. The number of ether oxygens (including phenoxy) is 2. The Morgan fingerprint density at radius 3 is 2.70 bits per heavy atom. The molecule has 1 amide bonds. The van der Waals surface area contributed by atoms with E-state index < -0.39 is 0 Å². The third-order valence-electron chi connectivity index (χ3n) is 2.76. The number of hydrogen-bond donors (Lipinski definition) is 1. The molecule has 0 aliphatic carbocycles. The quantitative estimate of drug-likeness (QED) is 0.598. The standard InChI is InChI=1S/C16H14BrClN2O3/c1-22-15-7-2-11(8-14(15)17)9-19-20-16(21)10-23-13-5-3-12(18)4-6-13/h2-9H,10H2,1H3,(H,20,21)/b19-9+. The van der Waals surface area contributed by atoms with E-state index >= 15 is 0 Å². The molecule has 1 N–H and O–H groups in total. The number of benzene rings is 2. The zero-order valence-corrected chi connectivity index (χ0v) is 14.6. The molecule has 7 heteroatoms. The van der Waals surface area contributed by atoms with E-state index in [-0.39, 0.29) is 12.5 Å². The second kappa shape index (κ2) is 8.55. The fraction of sp³-hybridized carbons (Fsp3) is 0.125. The van der Waals surface area contributed by atoms with Gasteiger partial charge in [0.15, 0.2) is 6.61 Å². The number of rotatable bonds is 6. The van der Waals surface area contributed by atoms with Crippen LogP contribution in [-0.2, 0) is 4.79 Å². The maximum Gasteiger partial charge on any atom is 0.277 e. The van der Waals surface area contributed by atoms with Gasteiger partial charge in [0.1, 0.15) is 11.5 Å². The fourth-order valence-corrected chi connectivity index (χ4v) is 2.34. The Morgan fingerprint density at radius 1 is 1.30 bits per heavy atom. The molecule has 0 radical (unpaired) electrons. The Hall–Kier alpha value is -2.05. The van der Waals surface area contributed by atoms with Crippen molar-refractivity contribution in [3.63, 3.8) is 0 Å². The summed E-state index contributed by atoms with van der Waals surface area (Å²) in [4.78, 5) is 11.6. The number of nitrogens with one attached hydrogen (secondary N) is 1. The summed E-state index contributed by atoms with van der Waals surface area (Å²) < 4.78 is 11.3. The monoisotopic (exact) mass is 396 g/mol. The minimum Gasteiger partial charge on any atom is -0.496 e. The molecule has 23 heavy (non-hydrogen) atoms. The van der Waals surface area contributed by atoms with Gasteiger partial charge in [-0.2, -0.15) is 5.10 Å². The van der Waals surface area contributed by atoms with Crippen LogP contribution in [-0.4, -0.2) is 25.8 Å². The van der Waals surface area contributed by atoms with E-state index in [4.69, 9.17) is 21.1 Å². The van der Waals surface area contributed by atoms with Crippen LogP contribution >= 0.6 is 27.5 Å². The van der Waals surface area contributed by atoms with Crippen molar-refractivity contribution in [1.29, 1.82) is 0 Å². The minimum atomic E-state index is -0.358. The van der Waals surface area contributed by atoms with Crippen molar-refractivity contribution in [2.75, 3.05) is 13.7 Å². The topological polar surface area (TPSA) is 59.9 Å². The summed E-state index contributed by atoms with van der Waals surface area (Å²) in [5.41, 5.74) is 3.21. The fourth-order valence-electron chi connectivity index (χ4n) is 1.65. The molecule has 0 spiro atoms. The van der Waals surface area contributed by atoms with Gasteiger partial charge in [0.05, 0.1) is 17.8 Å². The van der Waals surface area contributed by atoms with Crippen LogP contribution in [0.25, 0.3) is 0 Å². The van der Waals surface area contributed by atoms with Crippen molar-refractivity contribution in [3.8, 4) is 11.5 Å². The summed E-state index contributed by atoms with van der Waals surface area (Å²) in [7, 11) is 1.59. The Labute approximate surface area is 147 Å².